The van der Waals surface area contributed by atoms with Gasteiger partial charge >= 0.3 is 0 Å². The molecule has 0 aliphatic rings. The van der Waals surface area contributed by atoms with Crippen LogP contribution in [-0.4, -0.2) is 44.3 Å². The third kappa shape index (κ3) is 8.54. The zero-order chi connectivity index (χ0) is 31.7. The fourth-order valence-electron chi connectivity index (χ4n) is 4.79. The van der Waals surface area contributed by atoms with Crippen LogP contribution >= 0.6 is 0 Å². The van der Waals surface area contributed by atoms with Crippen LogP contribution in [-0.2, 0) is 32.6 Å². The minimum Gasteiger partial charge on any atom is -0.354 e. The Morgan fingerprint density at radius 3 is 2.07 bits per heavy atom. The summed E-state index contributed by atoms with van der Waals surface area (Å²) in [5.41, 5.74) is 2.58. The number of halogens is 1. The van der Waals surface area contributed by atoms with Crippen molar-refractivity contribution in [1.29, 1.82) is 0 Å². The van der Waals surface area contributed by atoms with E-state index in [1.54, 1.807) is 48.5 Å². The van der Waals surface area contributed by atoms with Crippen LogP contribution in [0.25, 0.3) is 0 Å². The second-order valence-corrected chi connectivity index (χ2v) is 13.0. The monoisotopic (exact) mass is 615 g/mol. The molecule has 4 aromatic carbocycles. The highest BCUT2D eigenvalue weighted by molar-refractivity contribution is 7.92. The van der Waals surface area contributed by atoms with Crippen molar-refractivity contribution in [3.8, 4) is 0 Å². The maximum absolute atomic E-state index is 14.4. The number of carbonyl (C=O) groups is 2. The predicted octanol–water partition coefficient (Wildman–Crippen LogP) is 5.74. The molecule has 0 saturated carbocycles. The van der Waals surface area contributed by atoms with E-state index in [1.165, 1.54) is 29.2 Å². The summed E-state index contributed by atoms with van der Waals surface area (Å²) in [4.78, 5) is 29.6. The average Bonchev–Trinajstić information content (AvgIpc) is 3.02. The van der Waals surface area contributed by atoms with Gasteiger partial charge in [-0.1, -0.05) is 86.6 Å². The molecule has 0 aliphatic carbocycles. The highest BCUT2D eigenvalue weighted by Crippen LogP contribution is 2.26. The summed E-state index contributed by atoms with van der Waals surface area (Å²) in [7, 11) is -4.17. The Balaban J connectivity index is 1.79. The fraction of sp³-hybridized carbons (Fsp3) is 0.257. The molecular formula is C35H38FN3O4S. The molecule has 9 heteroatoms. The number of rotatable bonds is 13. The van der Waals surface area contributed by atoms with E-state index in [0.717, 1.165) is 15.4 Å². The highest BCUT2D eigenvalue weighted by Gasteiger charge is 2.34. The summed E-state index contributed by atoms with van der Waals surface area (Å²) in [5, 5.41) is 2.96. The number of benzene rings is 4. The second kappa shape index (κ2) is 14.8. The Bertz CT molecular complexity index is 1650. The fourth-order valence-corrected chi connectivity index (χ4v) is 6.22. The van der Waals surface area contributed by atoms with Crippen molar-refractivity contribution in [2.75, 3.05) is 17.4 Å². The standard InChI is InChI=1S/C35H38FN3O4S/c1-26(2)23-37-35(41)33(22-28-12-6-4-7-13-28)38(24-29-17-19-30(36)20-18-29)34(40)25-39(31-14-10-11-27(3)21-31)44(42,43)32-15-8-5-9-16-32/h4-21,26,33H,22-25H2,1-3H3,(H,37,41). The number of aryl methyl sites for hydroxylation is 1. The summed E-state index contributed by atoms with van der Waals surface area (Å²) in [6.07, 6.45) is 0.202. The molecular weight excluding hydrogens is 577 g/mol. The maximum Gasteiger partial charge on any atom is 0.264 e. The summed E-state index contributed by atoms with van der Waals surface area (Å²) in [6.45, 7) is 5.61. The van der Waals surface area contributed by atoms with Crippen LogP contribution in [0.15, 0.2) is 114 Å². The first-order chi connectivity index (χ1) is 21.0. The SMILES string of the molecule is Cc1cccc(N(CC(=O)N(Cc2ccc(F)cc2)C(Cc2ccccc2)C(=O)NCC(C)C)S(=O)(=O)c2ccccc2)c1. The molecule has 0 radical (unpaired) electrons. The lowest BCUT2D eigenvalue weighted by Gasteiger charge is -2.34. The van der Waals surface area contributed by atoms with E-state index in [4.69, 9.17) is 0 Å². The van der Waals surface area contributed by atoms with Gasteiger partial charge in [0.15, 0.2) is 0 Å². The van der Waals surface area contributed by atoms with E-state index >= 15 is 0 Å². The lowest BCUT2D eigenvalue weighted by molar-refractivity contribution is -0.140. The second-order valence-electron chi connectivity index (χ2n) is 11.2. The van der Waals surface area contributed by atoms with Crippen LogP contribution in [0.2, 0.25) is 0 Å². The van der Waals surface area contributed by atoms with Crippen molar-refractivity contribution in [2.24, 2.45) is 5.92 Å². The van der Waals surface area contributed by atoms with Crippen LogP contribution in [0.4, 0.5) is 10.1 Å². The van der Waals surface area contributed by atoms with Crippen LogP contribution in [0, 0.1) is 18.7 Å². The molecule has 4 aromatic rings. The topological polar surface area (TPSA) is 86.8 Å². The third-order valence-electron chi connectivity index (χ3n) is 7.12. The Labute approximate surface area is 259 Å². The summed E-state index contributed by atoms with van der Waals surface area (Å²) < 4.78 is 42.9. The number of hydrogen-bond donors (Lipinski definition) is 1. The van der Waals surface area contributed by atoms with Crippen LogP contribution in [0.1, 0.15) is 30.5 Å². The molecule has 7 nitrogen and oxygen atoms in total. The normalized spacial score (nSPS) is 12.0. The smallest absolute Gasteiger partial charge is 0.264 e. The molecule has 4 rings (SSSR count). The molecule has 1 atom stereocenters. The highest BCUT2D eigenvalue weighted by atomic mass is 32.2. The number of amides is 2. The van der Waals surface area contributed by atoms with Crippen molar-refractivity contribution in [3.63, 3.8) is 0 Å². The third-order valence-corrected chi connectivity index (χ3v) is 8.91. The number of sulfonamides is 1. The first-order valence-corrected chi connectivity index (χ1v) is 16.0. The van der Waals surface area contributed by atoms with E-state index in [0.29, 0.717) is 17.8 Å². The van der Waals surface area contributed by atoms with Crippen molar-refractivity contribution >= 4 is 27.5 Å². The van der Waals surface area contributed by atoms with Gasteiger partial charge in [0, 0.05) is 19.5 Å². The quantitative estimate of drug-likeness (QED) is 0.208. The van der Waals surface area contributed by atoms with E-state index in [1.807, 2.05) is 57.2 Å². The molecule has 1 N–H and O–H groups in total. The van der Waals surface area contributed by atoms with Gasteiger partial charge in [0.25, 0.3) is 10.0 Å². The van der Waals surface area contributed by atoms with Crippen LogP contribution in [0.5, 0.6) is 0 Å². The summed E-state index contributed by atoms with van der Waals surface area (Å²) >= 11 is 0. The van der Waals surface area contributed by atoms with Crippen molar-refractivity contribution in [2.45, 2.75) is 44.7 Å². The number of hydrogen-bond acceptors (Lipinski definition) is 4. The number of nitrogens with zero attached hydrogens (tertiary/aromatic N) is 2. The first kappa shape index (κ1) is 32.4. The van der Waals surface area contributed by atoms with Gasteiger partial charge in [-0.25, -0.2) is 12.8 Å². The van der Waals surface area contributed by atoms with Gasteiger partial charge in [-0.15, -0.1) is 0 Å². The largest absolute Gasteiger partial charge is 0.354 e. The lowest BCUT2D eigenvalue weighted by Crippen LogP contribution is -2.53. The molecule has 2 amide bonds. The van der Waals surface area contributed by atoms with Crippen molar-refractivity contribution in [1.82, 2.24) is 10.2 Å². The minimum atomic E-state index is -4.17. The predicted molar refractivity (Wildman–Crippen MR) is 171 cm³/mol. The Morgan fingerprint density at radius 2 is 1.45 bits per heavy atom. The Kier molecular flexibility index (Phi) is 10.9. The zero-order valence-corrected chi connectivity index (χ0v) is 26.0. The van der Waals surface area contributed by atoms with Crippen LogP contribution in [0.3, 0.4) is 0 Å². The van der Waals surface area contributed by atoms with E-state index in [9.17, 15) is 22.4 Å². The lowest BCUT2D eigenvalue weighted by atomic mass is 10.0. The van der Waals surface area contributed by atoms with Crippen LogP contribution < -0.4 is 9.62 Å². The van der Waals surface area contributed by atoms with Gasteiger partial charge in [-0.05, 0) is 65.9 Å². The molecule has 1 unspecified atom stereocenters. The van der Waals surface area contributed by atoms with Gasteiger partial charge in [0.05, 0.1) is 10.6 Å². The Hall–Kier alpha value is -4.50. The van der Waals surface area contributed by atoms with Gasteiger partial charge in [0.1, 0.15) is 18.4 Å². The maximum atomic E-state index is 14.4. The van der Waals surface area contributed by atoms with Gasteiger partial charge in [-0.3, -0.25) is 13.9 Å². The van der Waals surface area contributed by atoms with Gasteiger partial charge in [0.2, 0.25) is 11.8 Å². The van der Waals surface area contributed by atoms with E-state index in [-0.39, 0.29) is 29.7 Å². The van der Waals surface area contributed by atoms with Gasteiger partial charge in [-0.2, -0.15) is 0 Å². The minimum absolute atomic E-state index is 0.0290. The molecule has 0 heterocycles. The Morgan fingerprint density at radius 1 is 0.818 bits per heavy atom. The molecule has 230 valence electrons. The number of anilines is 1. The van der Waals surface area contributed by atoms with Crippen molar-refractivity contribution in [3.05, 3.63) is 132 Å². The summed E-state index contributed by atoms with van der Waals surface area (Å²) in [6, 6.07) is 28.9. The molecule has 0 aliphatic heterocycles. The molecule has 0 saturated heterocycles. The zero-order valence-electron chi connectivity index (χ0n) is 25.2. The molecule has 0 bridgehead atoms. The first-order valence-electron chi connectivity index (χ1n) is 14.5. The van der Waals surface area contributed by atoms with Gasteiger partial charge < -0.3 is 10.2 Å². The number of carbonyl (C=O) groups excluding carboxylic acids is 2. The molecule has 0 fully saturated rings. The molecule has 0 spiro atoms. The average molecular weight is 616 g/mol. The molecule has 0 aromatic heterocycles. The van der Waals surface area contributed by atoms with E-state index < -0.39 is 34.3 Å². The number of nitrogens with one attached hydrogen (secondary N) is 1. The van der Waals surface area contributed by atoms with Crippen molar-refractivity contribution < 1.29 is 22.4 Å². The van der Waals surface area contributed by atoms with E-state index in [2.05, 4.69) is 5.32 Å². The molecule has 44 heavy (non-hydrogen) atoms. The summed E-state index contributed by atoms with van der Waals surface area (Å²) in [5.74, 6) is -1.19.